The van der Waals surface area contributed by atoms with Crippen LogP contribution in [0.3, 0.4) is 0 Å². The Morgan fingerprint density at radius 1 is 1.05 bits per heavy atom. The van der Waals surface area contributed by atoms with Crippen molar-refractivity contribution in [2.24, 2.45) is 0 Å². The molecule has 3 aromatic rings. The third kappa shape index (κ3) is 1.90. The Morgan fingerprint density at radius 2 is 1.86 bits per heavy atom. The number of aromatic nitrogens is 3. The molecule has 6 heteroatoms. The van der Waals surface area contributed by atoms with Crippen molar-refractivity contribution in [1.82, 2.24) is 14.6 Å². The van der Waals surface area contributed by atoms with Gasteiger partial charge in [-0.15, -0.1) is 0 Å². The average molecular weight is 289 g/mol. The zero-order valence-electron chi connectivity index (χ0n) is 10.8. The van der Waals surface area contributed by atoms with Crippen LogP contribution in [-0.4, -0.2) is 14.6 Å². The molecule has 3 nitrogen and oxygen atoms in total. The summed E-state index contributed by atoms with van der Waals surface area (Å²) in [6.07, 6.45) is 5.64. The number of hydrogen-bond donors (Lipinski definition) is 0. The van der Waals surface area contributed by atoms with Crippen molar-refractivity contribution in [3.05, 3.63) is 65.4 Å². The van der Waals surface area contributed by atoms with Gasteiger partial charge in [0.15, 0.2) is 17.3 Å². The van der Waals surface area contributed by atoms with Crippen LogP contribution in [0.1, 0.15) is 29.4 Å². The largest absolute Gasteiger partial charge is 0.235 e. The molecule has 0 bridgehead atoms. The third-order valence-corrected chi connectivity index (χ3v) is 3.94. The number of benzene rings is 1. The molecule has 4 rings (SSSR count). The lowest BCUT2D eigenvalue weighted by atomic mass is 10.0. The van der Waals surface area contributed by atoms with E-state index in [0.717, 1.165) is 11.6 Å². The third-order valence-electron chi connectivity index (χ3n) is 3.94. The van der Waals surface area contributed by atoms with Crippen LogP contribution in [0.25, 0.3) is 5.65 Å². The standard InChI is InChI=1S/C15H10F3N3/c16-8-5-12(14(18)13(17)6-8)11-7-10(11)9-1-2-20-21-4-3-19-15(9)21/h1-6,10-11H,7H2/t10-,11+/m1/s1. The molecular formula is C15H10F3N3. The van der Waals surface area contributed by atoms with Crippen LogP contribution in [0.5, 0.6) is 0 Å². The quantitative estimate of drug-likeness (QED) is 0.677. The van der Waals surface area contributed by atoms with Gasteiger partial charge in [0.2, 0.25) is 0 Å². The van der Waals surface area contributed by atoms with Gasteiger partial charge in [0.05, 0.1) is 0 Å². The summed E-state index contributed by atoms with van der Waals surface area (Å²) in [7, 11) is 0. The molecule has 1 fully saturated rings. The topological polar surface area (TPSA) is 30.2 Å². The molecule has 1 aliphatic carbocycles. The highest BCUT2D eigenvalue weighted by atomic mass is 19.2. The zero-order chi connectivity index (χ0) is 14.6. The second-order valence-electron chi connectivity index (χ2n) is 5.22. The van der Waals surface area contributed by atoms with Crippen LogP contribution in [0.15, 0.2) is 36.8 Å². The minimum absolute atomic E-state index is 0.00796. The predicted octanol–water partition coefficient (Wildman–Crippen LogP) is 3.42. The Kier molecular flexibility index (Phi) is 2.54. The van der Waals surface area contributed by atoms with Crippen molar-refractivity contribution in [2.75, 3.05) is 0 Å². The molecule has 2 aromatic heterocycles. The molecule has 106 valence electrons. The summed E-state index contributed by atoms with van der Waals surface area (Å²) in [4.78, 5) is 4.22. The van der Waals surface area contributed by atoms with Crippen LogP contribution in [0.4, 0.5) is 13.2 Å². The smallest absolute Gasteiger partial charge is 0.162 e. The number of rotatable bonds is 2. The first-order chi connectivity index (χ1) is 10.1. The van der Waals surface area contributed by atoms with Gasteiger partial charge < -0.3 is 0 Å². The SMILES string of the molecule is Fc1cc(F)c(F)c([C@H]2C[C@@H]2c2ccnn3ccnc23)c1. The van der Waals surface area contributed by atoms with Crippen molar-refractivity contribution in [2.45, 2.75) is 18.3 Å². The van der Waals surface area contributed by atoms with E-state index in [1.807, 2.05) is 6.07 Å². The maximum atomic E-state index is 13.8. The lowest BCUT2D eigenvalue weighted by Gasteiger charge is -2.05. The Bertz CT molecular complexity index is 843. The highest BCUT2D eigenvalue weighted by Gasteiger charge is 2.43. The lowest BCUT2D eigenvalue weighted by Crippen LogP contribution is -1.98. The van der Waals surface area contributed by atoms with Crippen LogP contribution < -0.4 is 0 Å². The van der Waals surface area contributed by atoms with E-state index in [-0.39, 0.29) is 17.4 Å². The molecule has 21 heavy (non-hydrogen) atoms. The van der Waals surface area contributed by atoms with E-state index in [2.05, 4.69) is 10.1 Å². The van der Waals surface area contributed by atoms with E-state index in [1.54, 1.807) is 23.1 Å². The summed E-state index contributed by atoms with van der Waals surface area (Å²) in [5, 5.41) is 4.12. The van der Waals surface area contributed by atoms with E-state index in [0.29, 0.717) is 18.1 Å². The summed E-state index contributed by atoms with van der Waals surface area (Å²) < 4.78 is 42.1. The number of halogens is 3. The fourth-order valence-corrected chi connectivity index (χ4v) is 2.87. The van der Waals surface area contributed by atoms with Gasteiger partial charge in [-0.25, -0.2) is 22.7 Å². The summed E-state index contributed by atoms with van der Waals surface area (Å²) in [5.74, 6) is -3.07. The highest BCUT2D eigenvalue weighted by molar-refractivity contribution is 5.52. The number of nitrogens with zero attached hydrogens (tertiary/aromatic N) is 3. The molecule has 0 amide bonds. The van der Waals surface area contributed by atoms with Crippen molar-refractivity contribution in [3.63, 3.8) is 0 Å². The van der Waals surface area contributed by atoms with Gasteiger partial charge in [-0.1, -0.05) is 0 Å². The fourth-order valence-electron chi connectivity index (χ4n) is 2.87. The van der Waals surface area contributed by atoms with E-state index < -0.39 is 17.5 Å². The molecular weight excluding hydrogens is 279 g/mol. The summed E-state index contributed by atoms with van der Waals surface area (Å²) in [6.45, 7) is 0. The molecule has 1 saturated carbocycles. The number of imidazole rings is 1. The van der Waals surface area contributed by atoms with Gasteiger partial charge >= 0.3 is 0 Å². The van der Waals surface area contributed by atoms with Crippen molar-refractivity contribution in [3.8, 4) is 0 Å². The van der Waals surface area contributed by atoms with Crippen LogP contribution in [-0.2, 0) is 0 Å². The second kappa shape index (κ2) is 4.31. The molecule has 0 N–H and O–H groups in total. The van der Waals surface area contributed by atoms with Gasteiger partial charge in [-0.2, -0.15) is 5.10 Å². The van der Waals surface area contributed by atoms with Crippen molar-refractivity contribution < 1.29 is 13.2 Å². The first-order valence-corrected chi connectivity index (χ1v) is 6.58. The molecule has 0 saturated heterocycles. The van der Waals surface area contributed by atoms with Gasteiger partial charge in [0.25, 0.3) is 0 Å². The minimum atomic E-state index is -1.14. The average Bonchev–Trinajstić information content (AvgIpc) is 3.09. The zero-order valence-corrected chi connectivity index (χ0v) is 10.8. The Labute approximate surface area is 118 Å². The van der Waals surface area contributed by atoms with Gasteiger partial charge in [0.1, 0.15) is 5.82 Å². The fraction of sp³-hybridized carbons (Fsp3) is 0.200. The summed E-state index contributed by atoms with van der Waals surface area (Å²) in [5.41, 5.74) is 1.71. The molecule has 0 radical (unpaired) electrons. The lowest BCUT2D eigenvalue weighted by molar-refractivity contribution is 0.484. The molecule has 0 spiro atoms. The Balaban J connectivity index is 1.74. The highest BCUT2D eigenvalue weighted by Crippen LogP contribution is 2.56. The van der Waals surface area contributed by atoms with E-state index in [4.69, 9.17) is 0 Å². The molecule has 2 atom stereocenters. The van der Waals surface area contributed by atoms with Gasteiger partial charge in [-0.05, 0) is 36.0 Å². The van der Waals surface area contributed by atoms with E-state index in [9.17, 15) is 13.2 Å². The van der Waals surface area contributed by atoms with Crippen LogP contribution >= 0.6 is 0 Å². The molecule has 0 unspecified atom stereocenters. The Morgan fingerprint density at radius 3 is 2.71 bits per heavy atom. The van der Waals surface area contributed by atoms with Crippen molar-refractivity contribution in [1.29, 1.82) is 0 Å². The Hall–Kier alpha value is -2.37. The number of hydrogen-bond acceptors (Lipinski definition) is 2. The molecule has 1 aliphatic rings. The van der Waals surface area contributed by atoms with Crippen LogP contribution in [0, 0.1) is 17.5 Å². The van der Waals surface area contributed by atoms with Crippen molar-refractivity contribution >= 4 is 5.65 Å². The summed E-state index contributed by atoms with van der Waals surface area (Å²) >= 11 is 0. The first-order valence-electron chi connectivity index (χ1n) is 6.58. The second-order valence-corrected chi connectivity index (χ2v) is 5.22. The summed E-state index contributed by atoms with van der Waals surface area (Å²) in [6, 6.07) is 3.46. The molecule has 0 aliphatic heterocycles. The van der Waals surface area contributed by atoms with Gasteiger partial charge in [-0.3, -0.25) is 0 Å². The van der Waals surface area contributed by atoms with Crippen LogP contribution in [0.2, 0.25) is 0 Å². The van der Waals surface area contributed by atoms with E-state index in [1.165, 1.54) is 0 Å². The minimum Gasteiger partial charge on any atom is -0.235 e. The monoisotopic (exact) mass is 289 g/mol. The maximum absolute atomic E-state index is 13.8. The van der Waals surface area contributed by atoms with Gasteiger partial charge in [0, 0.05) is 30.2 Å². The molecule has 2 heterocycles. The number of fused-ring (bicyclic) bond motifs is 1. The first kappa shape index (κ1) is 12.4. The predicted molar refractivity (Wildman–Crippen MR) is 69.4 cm³/mol. The van der Waals surface area contributed by atoms with E-state index >= 15 is 0 Å². The molecule has 1 aromatic carbocycles. The normalized spacial score (nSPS) is 20.9. The maximum Gasteiger partial charge on any atom is 0.162 e.